The summed E-state index contributed by atoms with van der Waals surface area (Å²) in [5.74, 6) is 0.629. The molecule has 1 unspecified atom stereocenters. The van der Waals surface area contributed by atoms with Crippen molar-refractivity contribution in [2.75, 3.05) is 25.7 Å². The number of aliphatic hydroxyl groups is 1. The topological polar surface area (TPSA) is 59.0 Å². The molecule has 1 heterocycles. The summed E-state index contributed by atoms with van der Waals surface area (Å²) in [6.07, 6.45) is 3.76. The lowest BCUT2D eigenvalue weighted by Crippen LogP contribution is -2.41. The molecule has 1 amide bonds. The molecule has 0 aromatic heterocycles. The van der Waals surface area contributed by atoms with Crippen molar-refractivity contribution < 1.29 is 19.4 Å². The van der Waals surface area contributed by atoms with Gasteiger partial charge in [-0.1, -0.05) is 36.4 Å². The second kappa shape index (κ2) is 6.61. The number of ether oxygens (including phenoxy) is 2. The van der Waals surface area contributed by atoms with E-state index in [4.69, 9.17) is 9.47 Å². The van der Waals surface area contributed by atoms with E-state index in [-0.39, 0.29) is 5.91 Å². The van der Waals surface area contributed by atoms with Crippen molar-refractivity contribution in [3.63, 3.8) is 0 Å². The van der Waals surface area contributed by atoms with Crippen LogP contribution in [0.4, 0.5) is 5.69 Å². The molecule has 5 heteroatoms. The Morgan fingerprint density at radius 3 is 2.52 bits per heavy atom. The van der Waals surface area contributed by atoms with Crippen LogP contribution in [0.1, 0.15) is 18.1 Å². The third-order valence-corrected chi connectivity index (χ3v) is 4.46. The highest BCUT2D eigenvalue weighted by molar-refractivity contribution is 6.09. The number of methoxy groups -OCH3 is 2. The van der Waals surface area contributed by atoms with Crippen molar-refractivity contribution in [1.82, 2.24) is 0 Å². The van der Waals surface area contributed by atoms with Crippen LogP contribution in [0, 0.1) is 0 Å². The van der Waals surface area contributed by atoms with Crippen molar-refractivity contribution in [3.05, 3.63) is 65.7 Å². The number of anilines is 1. The summed E-state index contributed by atoms with van der Waals surface area (Å²) in [4.78, 5) is 14.7. The molecule has 2 aromatic rings. The smallest absolute Gasteiger partial charge is 0.268 e. The fraction of sp³-hybridized carbons (Fsp3) is 0.250. The average Bonchev–Trinajstić information content (AvgIpc) is 2.88. The van der Waals surface area contributed by atoms with Gasteiger partial charge in [0.2, 0.25) is 0 Å². The van der Waals surface area contributed by atoms with Gasteiger partial charge in [0.15, 0.2) is 17.1 Å². The quantitative estimate of drug-likeness (QED) is 0.851. The normalized spacial score (nSPS) is 19.4. The molecule has 3 rings (SSSR count). The maximum absolute atomic E-state index is 13.1. The van der Waals surface area contributed by atoms with Gasteiger partial charge in [0.1, 0.15) is 0 Å². The van der Waals surface area contributed by atoms with Gasteiger partial charge in [-0.15, -0.1) is 0 Å². The summed E-state index contributed by atoms with van der Waals surface area (Å²) in [6.45, 7) is 2.30. The van der Waals surface area contributed by atoms with E-state index in [2.05, 4.69) is 0 Å². The van der Waals surface area contributed by atoms with Gasteiger partial charge in [0.25, 0.3) is 5.91 Å². The minimum Gasteiger partial charge on any atom is -0.493 e. The van der Waals surface area contributed by atoms with E-state index < -0.39 is 5.60 Å². The van der Waals surface area contributed by atoms with Crippen LogP contribution in [-0.2, 0) is 10.4 Å². The molecule has 1 atom stereocenters. The lowest BCUT2D eigenvalue weighted by molar-refractivity contribution is -0.132. The number of para-hydroxylation sites is 1. The Kier molecular flexibility index (Phi) is 4.51. The van der Waals surface area contributed by atoms with Gasteiger partial charge in [-0.25, -0.2) is 0 Å². The van der Waals surface area contributed by atoms with E-state index >= 15 is 0 Å². The van der Waals surface area contributed by atoms with Crippen LogP contribution in [0.2, 0.25) is 0 Å². The Labute approximate surface area is 147 Å². The van der Waals surface area contributed by atoms with Gasteiger partial charge in [-0.3, -0.25) is 4.79 Å². The van der Waals surface area contributed by atoms with E-state index in [0.717, 1.165) is 0 Å². The molecule has 0 spiro atoms. The molecule has 0 fully saturated rings. The minimum absolute atomic E-state index is 0.376. The van der Waals surface area contributed by atoms with Crippen LogP contribution in [0.15, 0.2) is 54.6 Å². The zero-order valence-electron chi connectivity index (χ0n) is 14.5. The fourth-order valence-electron chi connectivity index (χ4n) is 3.17. The second-order valence-corrected chi connectivity index (χ2v) is 5.78. The fourth-order valence-corrected chi connectivity index (χ4v) is 3.17. The third-order valence-electron chi connectivity index (χ3n) is 4.46. The Balaban J connectivity index is 2.16. The van der Waals surface area contributed by atoms with Crippen LogP contribution in [-0.4, -0.2) is 31.8 Å². The highest BCUT2D eigenvalue weighted by Gasteiger charge is 2.50. The first-order chi connectivity index (χ1) is 12.1. The van der Waals surface area contributed by atoms with E-state index in [1.54, 1.807) is 36.3 Å². The number of nitrogens with zero attached hydrogens (tertiary/aromatic N) is 1. The van der Waals surface area contributed by atoms with E-state index in [9.17, 15) is 9.90 Å². The molecule has 0 aliphatic carbocycles. The maximum Gasteiger partial charge on any atom is 0.268 e. The molecule has 0 radical (unpaired) electrons. The molecule has 0 saturated heterocycles. The average molecular weight is 339 g/mol. The van der Waals surface area contributed by atoms with Gasteiger partial charge in [0, 0.05) is 17.7 Å². The third kappa shape index (κ3) is 2.57. The number of hydrogen-bond acceptors (Lipinski definition) is 4. The zero-order chi connectivity index (χ0) is 18.0. The van der Waals surface area contributed by atoms with Crippen molar-refractivity contribution in [1.29, 1.82) is 0 Å². The molecule has 25 heavy (non-hydrogen) atoms. The molecule has 5 nitrogen and oxygen atoms in total. The molecule has 1 aliphatic rings. The first-order valence-corrected chi connectivity index (χ1v) is 8.05. The molecule has 0 saturated carbocycles. The first-order valence-electron chi connectivity index (χ1n) is 8.05. The second-order valence-electron chi connectivity index (χ2n) is 5.78. The van der Waals surface area contributed by atoms with Gasteiger partial charge in [-0.2, -0.15) is 0 Å². The minimum atomic E-state index is -1.75. The van der Waals surface area contributed by atoms with Gasteiger partial charge in [-0.05, 0) is 25.1 Å². The Hall–Kier alpha value is -2.79. The Bertz CT molecular complexity index is 830. The van der Waals surface area contributed by atoms with Gasteiger partial charge >= 0.3 is 0 Å². The number of rotatable bonds is 5. The Morgan fingerprint density at radius 2 is 1.84 bits per heavy atom. The highest BCUT2D eigenvalue weighted by atomic mass is 16.5. The Morgan fingerprint density at radius 1 is 1.12 bits per heavy atom. The SMILES string of the molecule is C/C=C/CN1C(=O)C(O)(c2ccc(OC)c(OC)c2)c2ccccc21. The molecular formula is C20H21NO4. The largest absolute Gasteiger partial charge is 0.493 e. The van der Waals surface area contributed by atoms with Crippen LogP contribution >= 0.6 is 0 Å². The standard InChI is InChI=1S/C20H21NO4/c1-4-5-12-21-16-9-7-6-8-15(16)20(23,19(21)22)14-10-11-17(24-2)18(13-14)25-3/h4-11,13,23H,12H2,1-3H3/b5-4+. The number of fused-ring (bicyclic) bond motifs is 1. The zero-order valence-corrected chi connectivity index (χ0v) is 14.5. The molecule has 1 N–H and O–H groups in total. The number of benzene rings is 2. The summed E-state index contributed by atoms with van der Waals surface area (Å²) in [7, 11) is 3.07. The monoisotopic (exact) mass is 339 g/mol. The summed E-state index contributed by atoms with van der Waals surface area (Å²) in [5, 5.41) is 11.4. The lowest BCUT2D eigenvalue weighted by Gasteiger charge is -2.24. The van der Waals surface area contributed by atoms with E-state index in [0.29, 0.717) is 34.9 Å². The van der Waals surface area contributed by atoms with Crippen LogP contribution < -0.4 is 14.4 Å². The maximum atomic E-state index is 13.1. The van der Waals surface area contributed by atoms with Gasteiger partial charge < -0.3 is 19.5 Å². The summed E-state index contributed by atoms with van der Waals surface area (Å²) >= 11 is 0. The van der Waals surface area contributed by atoms with Crippen LogP contribution in [0.25, 0.3) is 0 Å². The van der Waals surface area contributed by atoms with Gasteiger partial charge in [0.05, 0.1) is 19.9 Å². The predicted molar refractivity (Wildman–Crippen MR) is 96.2 cm³/mol. The molecular weight excluding hydrogens is 318 g/mol. The lowest BCUT2D eigenvalue weighted by atomic mass is 9.87. The summed E-state index contributed by atoms with van der Waals surface area (Å²) in [6, 6.07) is 12.3. The number of carbonyl (C=O) groups is 1. The van der Waals surface area contributed by atoms with E-state index in [1.165, 1.54) is 7.11 Å². The summed E-state index contributed by atoms with van der Waals surface area (Å²) in [5.41, 5.74) is -0.0252. The molecule has 0 bridgehead atoms. The van der Waals surface area contributed by atoms with Crippen molar-refractivity contribution >= 4 is 11.6 Å². The summed E-state index contributed by atoms with van der Waals surface area (Å²) < 4.78 is 10.6. The number of carbonyl (C=O) groups excluding carboxylic acids is 1. The van der Waals surface area contributed by atoms with Crippen molar-refractivity contribution in [2.24, 2.45) is 0 Å². The molecule has 2 aromatic carbocycles. The van der Waals surface area contributed by atoms with Crippen molar-refractivity contribution in [2.45, 2.75) is 12.5 Å². The number of hydrogen-bond donors (Lipinski definition) is 1. The predicted octanol–water partition coefficient (Wildman–Crippen LogP) is 2.86. The van der Waals surface area contributed by atoms with Crippen LogP contribution in [0.5, 0.6) is 11.5 Å². The highest BCUT2D eigenvalue weighted by Crippen LogP contribution is 2.45. The van der Waals surface area contributed by atoms with E-state index in [1.807, 2.05) is 37.3 Å². The van der Waals surface area contributed by atoms with Crippen LogP contribution in [0.3, 0.4) is 0 Å². The number of amides is 1. The van der Waals surface area contributed by atoms with Crippen molar-refractivity contribution in [3.8, 4) is 11.5 Å². The molecule has 130 valence electrons. The first kappa shape index (κ1) is 17.0. The molecule has 1 aliphatic heterocycles. The number of allylic oxidation sites excluding steroid dienone is 1.